The summed E-state index contributed by atoms with van der Waals surface area (Å²) in [5.41, 5.74) is 1.67. The SMILES string of the molecule is C=CCc1cc(C=NN=C2NC(=O)C(CC(=O)O)S2)cc(OCC)c1OC(C)C. The molecule has 1 aliphatic heterocycles. The van der Waals surface area contributed by atoms with Crippen LogP contribution in [0.3, 0.4) is 0 Å². The molecule has 8 nitrogen and oxygen atoms in total. The molecule has 0 aromatic heterocycles. The molecule has 0 bridgehead atoms. The van der Waals surface area contributed by atoms with Crippen molar-refractivity contribution in [2.75, 3.05) is 6.61 Å². The number of rotatable bonds is 10. The second-order valence-corrected chi connectivity index (χ2v) is 7.63. The van der Waals surface area contributed by atoms with Crippen molar-refractivity contribution in [3.05, 3.63) is 35.9 Å². The maximum Gasteiger partial charge on any atom is 0.305 e. The fraction of sp³-hybridized carbons (Fsp3) is 0.400. The van der Waals surface area contributed by atoms with E-state index in [1.807, 2.05) is 32.9 Å². The Morgan fingerprint density at radius 1 is 1.45 bits per heavy atom. The van der Waals surface area contributed by atoms with Crippen molar-refractivity contribution in [3.8, 4) is 11.5 Å². The number of benzene rings is 1. The minimum atomic E-state index is -1.04. The number of hydrogen-bond acceptors (Lipinski definition) is 7. The Hall–Kier alpha value is -2.81. The number of amides is 1. The molecule has 1 atom stereocenters. The maximum absolute atomic E-state index is 11.7. The first-order valence-electron chi connectivity index (χ1n) is 9.21. The normalized spacial score (nSPS) is 17.7. The number of nitrogens with zero attached hydrogens (tertiary/aromatic N) is 2. The van der Waals surface area contributed by atoms with Gasteiger partial charge in [-0.3, -0.25) is 9.59 Å². The van der Waals surface area contributed by atoms with Crippen LogP contribution in [0.15, 0.2) is 35.0 Å². The van der Waals surface area contributed by atoms with Crippen LogP contribution in [0.2, 0.25) is 0 Å². The van der Waals surface area contributed by atoms with Crippen LogP contribution < -0.4 is 14.8 Å². The summed E-state index contributed by atoms with van der Waals surface area (Å²) in [7, 11) is 0. The Kier molecular flexibility index (Phi) is 8.26. The third-order valence-corrected chi connectivity index (χ3v) is 4.74. The summed E-state index contributed by atoms with van der Waals surface area (Å²) >= 11 is 1.05. The highest BCUT2D eigenvalue weighted by molar-refractivity contribution is 8.15. The lowest BCUT2D eigenvalue weighted by atomic mass is 10.1. The van der Waals surface area contributed by atoms with Crippen molar-refractivity contribution in [2.45, 2.75) is 45.0 Å². The van der Waals surface area contributed by atoms with Crippen molar-refractivity contribution in [1.29, 1.82) is 0 Å². The second-order valence-electron chi connectivity index (χ2n) is 6.44. The van der Waals surface area contributed by atoms with E-state index in [-0.39, 0.29) is 23.6 Å². The van der Waals surface area contributed by atoms with Crippen LogP contribution in [-0.4, -0.2) is 46.3 Å². The third-order valence-electron chi connectivity index (χ3n) is 3.66. The van der Waals surface area contributed by atoms with Gasteiger partial charge in [0.15, 0.2) is 16.7 Å². The molecule has 1 aliphatic rings. The molecule has 156 valence electrons. The molecule has 29 heavy (non-hydrogen) atoms. The largest absolute Gasteiger partial charge is 0.490 e. The van der Waals surface area contributed by atoms with Crippen LogP contribution in [0.25, 0.3) is 0 Å². The van der Waals surface area contributed by atoms with Crippen molar-refractivity contribution in [3.63, 3.8) is 0 Å². The molecule has 0 saturated carbocycles. The van der Waals surface area contributed by atoms with E-state index in [1.165, 1.54) is 0 Å². The Morgan fingerprint density at radius 2 is 2.21 bits per heavy atom. The molecule has 1 amide bonds. The molecule has 1 aromatic rings. The molecule has 1 unspecified atom stereocenters. The van der Waals surface area contributed by atoms with Crippen LogP contribution in [0.1, 0.15) is 38.3 Å². The molecule has 1 aromatic carbocycles. The summed E-state index contributed by atoms with van der Waals surface area (Å²) < 4.78 is 11.7. The zero-order chi connectivity index (χ0) is 21.4. The predicted molar refractivity (Wildman–Crippen MR) is 114 cm³/mol. The average molecular weight is 420 g/mol. The number of allylic oxidation sites excluding steroid dienone is 1. The van der Waals surface area contributed by atoms with E-state index in [4.69, 9.17) is 14.6 Å². The van der Waals surface area contributed by atoms with Gasteiger partial charge in [0.05, 0.1) is 25.3 Å². The molecule has 1 fully saturated rings. The quantitative estimate of drug-likeness (QED) is 0.343. The van der Waals surface area contributed by atoms with Gasteiger partial charge >= 0.3 is 5.97 Å². The summed E-state index contributed by atoms with van der Waals surface area (Å²) in [5.74, 6) is -0.127. The molecule has 1 saturated heterocycles. The van der Waals surface area contributed by atoms with Gasteiger partial charge in [-0.2, -0.15) is 5.10 Å². The van der Waals surface area contributed by atoms with E-state index in [9.17, 15) is 9.59 Å². The Labute approximate surface area is 174 Å². The number of amidine groups is 1. The molecule has 9 heteroatoms. The van der Waals surface area contributed by atoms with Crippen LogP contribution in [0.4, 0.5) is 0 Å². The Balaban J connectivity index is 2.24. The molecular weight excluding hydrogens is 394 g/mol. The van der Waals surface area contributed by atoms with Gasteiger partial charge < -0.3 is 19.9 Å². The fourth-order valence-electron chi connectivity index (χ4n) is 2.59. The number of ether oxygens (including phenoxy) is 2. The number of nitrogens with one attached hydrogen (secondary N) is 1. The van der Waals surface area contributed by atoms with Gasteiger partial charge in [-0.05, 0) is 44.9 Å². The predicted octanol–water partition coefficient (Wildman–Crippen LogP) is 3.00. The zero-order valence-electron chi connectivity index (χ0n) is 16.7. The van der Waals surface area contributed by atoms with E-state index < -0.39 is 11.2 Å². The van der Waals surface area contributed by atoms with Crippen LogP contribution in [0, 0.1) is 0 Å². The number of carbonyl (C=O) groups is 2. The number of hydrogen-bond donors (Lipinski definition) is 2. The van der Waals surface area contributed by atoms with Crippen molar-refractivity contribution in [1.82, 2.24) is 5.32 Å². The van der Waals surface area contributed by atoms with E-state index in [1.54, 1.807) is 12.3 Å². The standard InChI is InChI=1S/C20H25N3O5S/c1-5-7-14-8-13(9-15(27-6-2)18(14)28-12(3)4)11-21-23-20-22-19(26)16(29-20)10-17(24)25/h5,8-9,11-12,16H,1,6-7,10H2,2-4H3,(H,24,25)(H,22,23,26). The average Bonchev–Trinajstić information content (AvgIpc) is 2.96. The minimum Gasteiger partial charge on any atom is -0.490 e. The number of carboxylic acid groups (broad SMARTS) is 1. The Bertz CT molecular complexity index is 836. The van der Waals surface area contributed by atoms with Gasteiger partial charge in [0.25, 0.3) is 0 Å². The van der Waals surface area contributed by atoms with Gasteiger partial charge in [-0.25, -0.2) is 0 Å². The minimum absolute atomic E-state index is 0.00885. The van der Waals surface area contributed by atoms with Gasteiger partial charge in [0.1, 0.15) is 5.25 Å². The summed E-state index contributed by atoms with van der Waals surface area (Å²) in [6.07, 6.45) is 3.65. The van der Waals surface area contributed by atoms with Crippen molar-refractivity contribution >= 4 is 35.0 Å². The van der Waals surface area contributed by atoms with E-state index >= 15 is 0 Å². The number of carbonyl (C=O) groups excluding carboxylic acids is 1. The van der Waals surface area contributed by atoms with E-state index in [0.29, 0.717) is 24.5 Å². The van der Waals surface area contributed by atoms with E-state index in [2.05, 4.69) is 22.1 Å². The second kappa shape index (κ2) is 10.7. The molecule has 2 N–H and O–H groups in total. The lowest BCUT2D eigenvalue weighted by molar-refractivity contribution is -0.138. The first-order valence-corrected chi connectivity index (χ1v) is 10.1. The fourth-order valence-corrected chi connectivity index (χ4v) is 3.51. The smallest absolute Gasteiger partial charge is 0.305 e. The zero-order valence-corrected chi connectivity index (χ0v) is 17.5. The summed E-state index contributed by atoms with van der Waals surface area (Å²) in [6.45, 7) is 10.1. The van der Waals surface area contributed by atoms with Crippen LogP contribution in [-0.2, 0) is 16.0 Å². The highest BCUT2D eigenvalue weighted by Crippen LogP contribution is 2.34. The Morgan fingerprint density at radius 3 is 2.83 bits per heavy atom. The van der Waals surface area contributed by atoms with Gasteiger partial charge in [0.2, 0.25) is 5.91 Å². The molecule has 1 heterocycles. The van der Waals surface area contributed by atoms with Crippen molar-refractivity contribution < 1.29 is 24.2 Å². The van der Waals surface area contributed by atoms with Gasteiger partial charge in [0, 0.05) is 5.56 Å². The number of thioether (sulfide) groups is 1. The summed E-state index contributed by atoms with van der Waals surface area (Å²) in [5, 5.41) is 18.9. The molecule has 0 aliphatic carbocycles. The van der Waals surface area contributed by atoms with Gasteiger partial charge in [-0.1, -0.05) is 17.8 Å². The lowest BCUT2D eigenvalue weighted by Gasteiger charge is -2.18. The molecule has 0 spiro atoms. The molecule has 0 radical (unpaired) electrons. The number of carboxylic acids is 1. The topological polar surface area (TPSA) is 110 Å². The lowest BCUT2D eigenvalue weighted by Crippen LogP contribution is -2.26. The summed E-state index contributed by atoms with van der Waals surface area (Å²) in [6, 6.07) is 3.73. The monoisotopic (exact) mass is 419 g/mol. The van der Waals surface area contributed by atoms with Gasteiger partial charge in [-0.15, -0.1) is 11.7 Å². The highest BCUT2D eigenvalue weighted by Gasteiger charge is 2.32. The maximum atomic E-state index is 11.7. The highest BCUT2D eigenvalue weighted by atomic mass is 32.2. The van der Waals surface area contributed by atoms with E-state index in [0.717, 1.165) is 22.9 Å². The van der Waals surface area contributed by atoms with Crippen molar-refractivity contribution in [2.24, 2.45) is 10.2 Å². The third kappa shape index (κ3) is 6.63. The van der Waals surface area contributed by atoms with Crippen LogP contribution >= 0.6 is 11.8 Å². The van der Waals surface area contributed by atoms with Crippen LogP contribution in [0.5, 0.6) is 11.5 Å². The first-order chi connectivity index (χ1) is 13.8. The molecular formula is C20H25N3O5S. The first kappa shape index (κ1) is 22.5. The number of aliphatic carboxylic acids is 1. The molecule has 2 rings (SSSR count). The summed E-state index contributed by atoms with van der Waals surface area (Å²) in [4.78, 5) is 22.5.